The summed E-state index contributed by atoms with van der Waals surface area (Å²) < 4.78 is 1.10. The van der Waals surface area contributed by atoms with Gasteiger partial charge in [0.05, 0.1) is 28.6 Å². The average Bonchev–Trinajstić information content (AvgIpc) is 3.31. The summed E-state index contributed by atoms with van der Waals surface area (Å²) in [6.07, 6.45) is 2.84. The predicted octanol–water partition coefficient (Wildman–Crippen LogP) is 3.67. The maximum absolute atomic E-state index is 13.2. The highest BCUT2D eigenvalue weighted by Gasteiger charge is 2.45. The van der Waals surface area contributed by atoms with Gasteiger partial charge in [-0.3, -0.25) is 9.59 Å². The van der Waals surface area contributed by atoms with Gasteiger partial charge in [-0.1, -0.05) is 30.3 Å². The van der Waals surface area contributed by atoms with E-state index in [1.807, 2.05) is 24.3 Å². The molecule has 1 aliphatic rings. The maximum atomic E-state index is 13.2. The molecule has 0 saturated heterocycles. The molecule has 1 aliphatic carbocycles. The van der Waals surface area contributed by atoms with E-state index in [9.17, 15) is 14.7 Å². The number of benzene rings is 2. The van der Waals surface area contributed by atoms with Crippen LogP contribution in [-0.2, 0) is 35.4 Å². The third kappa shape index (κ3) is 5.00. The van der Waals surface area contributed by atoms with Gasteiger partial charge < -0.3 is 15.3 Å². The van der Waals surface area contributed by atoms with Crippen molar-refractivity contribution in [3.63, 3.8) is 0 Å². The lowest BCUT2D eigenvalue weighted by Gasteiger charge is -2.25. The Hall–Kier alpha value is -2.77. The molecule has 6 nitrogen and oxygen atoms in total. The lowest BCUT2D eigenvalue weighted by molar-refractivity contribution is -0.145. The topological polar surface area (TPSA) is 82.5 Å². The second kappa shape index (κ2) is 9.38. The standard InChI is InChI=1S/C25H29N3O3S/c1-28(2)11-5-6-17-9-10-21-20(12-17)27-22(32-21)16-26-24(31)25(15-23(29)30)13-18-7-3-4-8-19(18)14-25/h3-4,7-10,12H,5-6,11,13-16H2,1-2H3,(H,26,31)(H,29,30). The van der Waals surface area contributed by atoms with Crippen LogP contribution in [0.5, 0.6) is 0 Å². The fourth-order valence-corrected chi connectivity index (χ4v) is 5.43. The van der Waals surface area contributed by atoms with Crippen molar-refractivity contribution in [3.8, 4) is 0 Å². The molecule has 1 heterocycles. The number of carboxylic acids is 1. The number of nitrogens with zero attached hydrogens (tertiary/aromatic N) is 2. The van der Waals surface area contributed by atoms with E-state index >= 15 is 0 Å². The molecule has 1 aromatic heterocycles. The molecule has 2 N–H and O–H groups in total. The van der Waals surface area contributed by atoms with Gasteiger partial charge in [0.15, 0.2) is 0 Å². The molecule has 4 rings (SSSR count). The van der Waals surface area contributed by atoms with E-state index in [0.29, 0.717) is 19.4 Å². The monoisotopic (exact) mass is 451 g/mol. The van der Waals surface area contributed by atoms with E-state index in [1.54, 1.807) is 11.3 Å². The van der Waals surface area contributed by atoms with Gasteiger partial charge in [0, 0.05) is 0 Å². The van der Waals surface area contributed by atoms with Crippen LogP contribution in [0, 0.1) is 5.41 Å². The first-order chi connectivity index (χ1) is 15.3. The molecule has 0 fully saturated rings. The van der Waals surface area contributed by atoms with Gasteiger partial charge >= 0.3 is 5.97 Å². The number of carbonyl (C=O) groups excluding carboxylic acids is 1. The summed E-state index contributed by atoms with van der Waals surface area (Å²) >= 11 is 1.57. The van der Waals surface area contributed by atoms with Crippen molar-refractivity contribution in [3.05, 3.63) is 64.2 Å². The first kappa shape index (κ1) is 22.4. The van der Waals surface area contributed by atoms with Crippen molar-refractivity contribution >= 4 is 33.4 Å². The molecule has 7 heteroatoms. The maximum Gasteiger partial charge on any atom is 0.304 e. The molecule has 1 amide bonds. The predicted molar refractivity (Wildman–Crippen MR) is 127 cm³/mol. The zero-order valence-electron chi connectivity index (χ0n) is 18.6. The van der Waals surface area contributed by atoms with Gasteiger partial charge in [0.1, 0.15) is 5.01 Å². The first-order valence-electron chi connectivity index (χ1n) is 10.9. The van der Waals surface area contributed by atoms with Crippen LogP contribution >= 0.6 is 11.3 Å². The zero-order valence-corrected chi connectivity index (χ0v) is 19.4. The van der Waals surface area contributed by atoms with Crippen LogP contribution in [0.1, 0.15) is 34.5 Å². The number of rotatable bonds is 9. The van der Waals surface area contributed by atoms with E-state index in [-0.39, 0.29) is 12.3 Å². The minimum Gasteiger partial charge on any atom is -0.481 e. The molecule has 3 aromatic rings. The summed E-state index contributed by atoms with van der Waals surface area (Å²) in [7, 11) is 4.16. The molecule has 0 spiro atoms. The SMILES string of the molecule is CN(C)CCCc1ccc2sc(CNC(=O)C3(CC(=O)O)Cc4ccccc4C3)nc2c1. The van der Waals surface area contributed by atoms with Crippen molar-refractivity contribution in [2.24, 2.45) is 5.41 Å². The highest BCUT2D eigenvalue weighted by atomic mass is 32.1. The fraction of sp³-hybridized carbons (Fsp3) is 0.400. The number of aliphatic carboxylic acids is 1. The Bertz CT molecular complexity index is 1110. The Kier molecular flexibility index (Phi) is 6.58. The van der Waals surface area contributed by atoms with Crippen molar-refractivity contribution < 1.29 is 14.7 Å². The third-order valence-corrected chi connectivity index (χ3v) is 7.15. The molecule has 0 atom stereocenters. The molecular weight excluding hydrogens is 422 g/mol. The van der Waals surface area contributed by atoms with E-state index in [2.05, 4.69) is 42.5 Å². The Morgan fingerprint density at radius 1 is 1.16 bits per heavy atom. The second-order valence-corrected chi connectivity index (χ2v) is 10.1. The third-order valence-electron chi connectivity index (χ3n) is 6.11. The molecule has 0 radical (unpaired) electrons. The van der Waals surface area contributed by atoms with Crippen LogP contribution < -0.4 is 5.32 Å². The highest BCUT2D eigenvalue weighted by Crippen LogP contribution is 2.40. The molecule has 0 unspecified atom stereocenters. The lowest BCUT2D eigenvalue weighted by Crippen LogP contribution is -2.43. The van der Waals surface area contributed by atoms with Crippen LogP contribution in [0.25, 0.3) is 10.2 Å². The van der Waals surface area contributed by atoms with Crippen LogP contribution in [0.3, 0.4) is 0 Å². The van der Waals surface area contributed by atoms with E-state index < -0.39 is 11.4 Å². The number of aryl methyl sites for hydroxylation is 1. The van der Waals surface area contributed by atoms with Gasteiger partial charge in [-0.2, -0.15) is 0 Å². The summed E-state index contributed by atoms with van der Waals surface area (Å²) in [5.74, 6) is -1.16. The zero-order chi connectivity index (χ0) is 22.7. The summed E-state index contributed by atoms with van der Waals surface area (Å²) in [5.41, 5.74) is 3.40. The molecule has 0 bridgehead atoms. The number of amides is 1. The van der Waals surface area contributed by atoms with Gasteiger partial charge in [-0.25, -0.2) is 4.98 Å². The Balaban J connectivity index is 1.43. The van der Waals surface area contributed by atoms with E-state index in [4.69, 9.17) is 4.98 Å². The van der Waals surface area contributed by atoms with Crippen molar-refractivity contribution in [2.75, 3.05) is 20.6 Å². The second-order valence-electron chi connectivity index (χ2n) is 8.97. The van der Waals surface area contributed by atoms with Crippen LogP contribution in [0.2, 0.25) is 0 Å². The average molecular weight is 452 g/mol. The van der Waals surface area contributed by atoms with Crippen molar-refractivity contribution in [1.29, 1.82) is 0 Å². The Labute approximate surface area is 192 Å². The normalized spacial score (nSPS) is 14.6. The Morgan fingerprint density at radius 3 is 2.53 bits per heavy atom. The Morgan fingerprint density at radius 2 is 1.88 bits per heavy atom. The van der Waals surface area contributed by atoms with Crippen LogP contribution in [0.4, 0.5) is 0 Å². The van der Waals surface area contributed by atoms with Gasteiger partial charge in [-0.15, -0.1) is 11.3 Å². The number of hydrogen-bond acceptors (Lipinski definition) is 5. The summed E-state index contributed by atoms with van der Waals surface area (Å²) in [5, 5.41) is 13.3. The number of hydrogen-bond donors (Lipinski definition) is 2. The number of nitrogens with one attached hydrogen (secondary N) is 1. The first-order valence-corrected chi connectivity index (χ1v) is 11.8. The largest absolute Gasteiger partial charge is 0.481 e. The number of carbonyl (C=O) groups is 2. The molecular formula is C25H29N3O3S. The van der Waals surface area contributed by atoms with Crippen molar-refractivity contribution in [1.82, 2.24) is 15.2 Å². The summed E-state index contributed by atoms with van der Waals surface area (Å²) in [4.78, 5) is 31.6. The van der Waals surface area contributed by atoms with Gasteiger partial charge in [0.25, 0.3) is 0 Å². The number of fused-ring (bicyclic) bond motifs is 2. The number of aromatic nitrogens is 1. The summed E-state index contributed by atoms with van der Waals surface area (Å²) in [6.45, 7) is 1.36. The van der Waals surface area contributed by atoms with E-state index in [0.717, 1.165) is 45.7 Å². The highest BCUT2D eigenvalue weighted by molar-refractivity contribution is 7.18. The van der Waals surface area contributed by atoms with Crippen LogP contribution in [0.15, 0.2) is 42.5 Å². The molecule has 0 aliphatic heterocycles. The molecule has 32 heavy (non-hydrogen) atoms. The smallest absolute Gasteiger partial charge is 0.304 e. The minimum absolute atomic E-state index is 0.177. The fourth-order valence-electron chi connectivity index (χ4n) is 4.54. The number of thiazole rings is 1. The number of carboxylic acid groups (broad SMARTS) is 1. The summed E-state index contributed by atoms with van der Waals surface area (Å²) in [6, 6.07) is 14.2. The minimum atomic E-state index is -0.949. The molecule has 0 saturated carbocycles. The lowest BCUT2D eigenvalue weighted by atomic mass is 9.80. The van der Waals surface area contributed by atoms with Gasteiger partial charge in [-0.05, 0) is 75.1 Å². The molecule has 2 aromatic carbocycles. The van der Waals surface area contributed by atoms with Crippen LogP contribution in [-0.4, -0.2) is 47.5 Å². The van der Waals surface area contributed by atoms with Crippen molar-refractivity contribution in [2.45, 2.75) is 38.6 Å². The van der Waals surface area contributed by atoms with E-state index in [1.165, 1.54) is 5.56 Å². The molecule has 168 valence electrons. The van der Waals surface area contributed by atoms with Gasteiger partial charge in [0.2, 0.25) is 5.91 Å². The quantitative estimate of drug-likeness (QED) is 0.519.